The Morgan fingerprint density at radius 1 is 0.895 bits per heavy atom. The van der Waals surface area contributed by atoms with Gasteiger partial charge < -0.3 is 5.11 Å². The molecule has 0 aliphatic heterocycles. The second kappa shape index (κ2) is 4.49. The van der Waals surface area contributed by atoms with Gasteiger partial charge in [0.25, 0.3) is 0 Å². The van der Waals surface area contributed by atoms with Crippen molar-refractivity contribution in [3.05, 3.63) is 60.6 Å². The highest BCUT2D eigenvalue weighted by molar-refractivity contribution is 6.01. The number of fused-ring (bicyclic) bond motifs is 1. The molecule has 3 aromatic rings. The number of aromatic nitrogens is 2. The summed E-state index contributed by atoms with van der Waals surface area (Å²) in [7, 11) is 0. The molecule has 2 heterocycles. The van der Waals surface area contributed by atoms with Crippen molar-refractivity contribution in [2.24, 2.45) is 0 Å². The summed E-state index contributed by atoms with van der Waals surface area (Å²) >= 11 is 0. The van der Waals surface area contributed by atoms with Crippen LogP contribution in [0.15, 0.2) is 54.9 Å². The summed E-state index contributed by atoms with van der Waals surface area (Å²) in [6, 6.07) is 12.9. The number of rotatable bonds is 2. The molecule has 2 aromatic heterocycles. The Kier molecular flexibility index (Phi) is 2.68. The SMILES string of the molecule is O=C(O)c1ncccc1-c1cccc2ncccc12. The van der Waals surface area contributed by atoms with Crippen molar-refractivity contribution in [2.75, 3.05) is 0 Å². The van der Waals surface area contributed by atoms with Crippen molar-refractivity contribution >= 4 is 16.9 Å². The van der Waals surface area contributed by atoms with Crippen LogP contribution in [0.25, 0.3) is 22.0 Å². The molecule has 92 valence electrons. The fourth-order valence-corrected chi connectivity index (χ4v) is 2.13. The second-order valence-electron chi connectivity index (χ2n) is 4.08. The Hall–Kier alpha value is -2.75. The largest absolute Gasteiger partial charge is 0.476 e. The molecule has 1 aromatic carbocycles. The fourth-order valence-electron chi connectivity index (χ4n) is 2.13. The minimum atomic E-state index is -1.03. The highest BCUT2D eigenvalue weighted by Crippen LogP contribution is 2.29. The minimum Gasteiger partial charge on any atom is -0.476 e. The van der Waals surface area contributed by atoms with E-state index in [0.717, 1.165) is 16.5 Å². The van der Waals surface area contributed by atoms with Gasteiger partial charge in [0.05, 0.1) is 5.52 Å². The second-order valence-corrected chi connectivity index (χ2v) is 4.08. The van der Waals surface area contributed by atoms with Gasteiger partial charge in [-0.3, -0.25) is 4.98 Å². The van der Waals surface area contributed by atoms with Crippen LogP contribution in [0.5, 0.6) is 0 Å². The summed E-state index contributed by atoms with van der Waals surface area (Å²) in [5.74, 6) is -1.03. The molecule has 1 N–H and O–H groups in total. The van der Waals surface area contributed by atoms with Crippen molar-refractivity contribution < 1.29 is 9.90 Å². The molecule has 0 amide bonds. The van der Waals surface area contributed by atoms with Crippen LogP contribution in [0.1, 0.15) is 10.5 Å². The third-order valence-corrected chi connectivity index (χ3v) is 2.95. The Morgan fingerprint density at radius 3 is 2.47 bits per heavy atom. The third kappa shape index (κ3) is 1.93. The Balaban J connectivity index is 2.34. The van der Waals surface area contributed by atoms with Gasteiger partial charge in [0, 0.05) is 23.3 Å². The van der Waals surface area contributed by atoms with Crippen LogP contribution in [-0.4, -0.2) is 21.0 Å². The average Bonchev–Trinajstić information content (AvgIpc) is 2.46. The predicted molar refractivity (Wildman–Crippen MR) is 71.9 cm³/mol. The summed E-state index contributed by atoms with van der Waals surface area (Å²) in [6.45, 7) is 0. The van der Waals surface area contributed by atoms with Gasteiger partial charge in [-0.1, -0.05) is 24.3 Å². The van der Waals surface area contributed by atoms with Gasteiger partial charge in [0.1, 0.15) is 0 Å². The average molecular weight is 250 g/mol. The van der Waals surface area contributed by atoms with Gasteiger partial charge >= 0.3 is 5.97 Å². The molecular formula is C15H10N2O2. The number of benzene rings is 1. The summed E-state index contributed by atoms with van der Waals surface area (Å²) in [4.78, 5) is 19.5. The van der Waals surface area contributed by atoms with Crippen LogP contribution in [0.2, 0.25) is 0 Å². The molecule has 0 fully saturated rings. The molecule has 0 aliphatic carbocycles. The van der Waals surface area contributed by atoms with E-state index in [2.05, 4.69) is 9.97 Å². The summed E-state index contributed by atoms with van der Waals surface area (Å²) in [6.07, 6.45) is 3.20. The van der Waals surface area contributed by atoms with E-state index in [-0.39, 0.29) is 5.69 Å². The van der Waals surface area contributed by atoms with Gasteiger partial charge in [-0.05, 0) is 23.8 Å². The molecule has 0 atom stereocenters. The lowest BCUT2D eigenvalue weighted by Gasteiger charge is -2.08. The van der Waals surface area contributed by atoms with Crippen LogP contribution in [0.4, 0.5) is 0 Å². The first-order valence-corrected chi connectivity index (χ1v) is 5.80. The van der Waals surface area contributed by atoms with Gasteiger partial charge in [-0.2, -0.15) is 0 Å². The maximum absolute atomic E-state index is 11.3. The van der Waals surface area contributed by atoms with Gasteiger partial charge in [0.15, 0.2) is 5.69 Å². The lowest BCUT2D eigenvalue weighted by atomic mass is 9.99. The van der Waals surface area contributed by atoms with E-state index in [1.807, 2.05) is 30.3 Å². The van der Waals surface area contributed by atoms with Crippen LogP contribution in [-0.2, 0) is 0 Å². The quantitative estimate of drug-likeness (QED) is 0.759. The standard InChI is InChI=1S/C15H10N2O2/c18-15(19)14-12(6-3-9-17-14)10-4-1-7-13-11(10)5-2-8-16-13/h1-9H,(H,18,19). The number of carboxylic acids is 1. The number of carboxylic acid groups (broad SMARTS) is 1. The van der Waals surface area contributed by atoms with Crippen molar-refractivity contribution in [2.45, 2.75) is 0 Å². The molecule has 0 saturated carbocycles. The number of hydrogen-bond donors (Lipinski definition) is 1. The zero-order chi connectivity index (χ0) is 13.2. The number of hydrogen-bond acceptors (Lipinski definition) is 3. The smallest absolute Gasteiger partial charge is 0.355 e. The van der Waals surface area contributed by atoms with Crippen molar-refractivity contribution in [3.63, 3.8) is 0 Å². The minimum absolute atomic E-state index is 0.0545. The van der Waals surface area contributed by atoms with Crippen LogP contribution in [0.3, 0.4) is 0 Å². The monoisotopic (exact) mass is 250 g/mol. The highest BCUT2D eigenvalue weighted by Gasteiger charge is 2.14. The lowest BCUT2D eigenvalue weighted by Crippen LogP contribution is -2.02. The van der Waals surface area contributed by atoms with Crippen molar-refractivity contribution in [3.8, 4) is 11.1 Å². The van der Waals surface area contributed by atoms with Crippen molar-refractivity contribution in [1.29, 1.82) is 0 Å². The first kappa shape index (κ1) is 11.3. The molecule has 4 nitrogen and oxygen atoms in total. The molecule has 19 heavy (non-hydrogen) atoms. The summed E-state index contributed by atoms with van der Waals surface area (Å²) < 4.78 is 0. The highest BCUT2D eigenvalue weighted by atomic mass is 16.4. The summed E-state index contributed by atoms with van der Waals surface area (Å²) in [5, 5.41) is 10.1. The van der Waals surface area contributed by atoms with Crippen LogP contribution >= 0.6 is 0 Å². The van der Waals surface area contributed by atoms with E-state index >= 15 is 0 Å². The molecule has 0 radical (unpaired) electrons. The van der Waals surface area contributed by atoms with E-state index < -0.39 is 5.97 Å². The van der Waals surface area contributed by atoms with E-state index in [1.54, 1.807) is 18.3 Å². The number of pyridine rings is 2. The number of carbonyl (C=O) groups is 1. The molecular weight excluding hydrogens is 240 g/mol. The first-order valence-electron chi connectivity index (χ1n) is 5.80. The molecule has 0 bridgehead atoms. The van der Waals surface area contributed by atoms with E-state index in [1.165, 1.54) is 6.20 Å². The Labute approximate surface area is 109 Å². The third-order valence-electron chi connectivity index (χ3n) is 2.95. The normalized spacial score (nSPS) is 10.5. The zero-order valence-corrected chi connectivity index (χ0v) is 9.95. The van der Waals surface area contributed by atoms with Gasteiger partial charge in [0.2, 0.25) is 0 Å². The predicted octanol–water partition coefficient (Wildman–Crippen LogP) is 3.00. The topological polar surface area (TPSA) is 63.1 Å². The first-order chi connectivity index (χ1) is 9.27. The van der Waals surface area contributed by atoms with Crippen LogP contribution < -0.4 is 0 Å². The maximum Gasteiger partial charge on any atom is 0.355 e. The number of aromatic carboxylic acids is 1. The van der Waals surface area contributed by atoms with Crippen molar-refractivity contribution in [1.82, 2.24) is 9.97 Å². The Morgan fingerprint density at radius 2 is 1.63 bits per heavy atom. The fraction of sp³-hybridized carbons (Fsp3) is 0. The lowest BCUT2D eigenvalue weighted by molar-refractivity contribution is 0.0691. The molecule has 0 aliphatic rings. The molecule has 0 saturated heterocycles. The van der Waals surface area contributed by atoms with Crippen LogP contribution in [0, 0.1) is 0 Å². The van der Waals surface area contributed by atoms with E-state index in [0.29, 0.717) is 5.56 Å². The summed E-state index contributed by atoms with van der Waals surface area (Å²) in [5.41, 5.74) is 2.32. The van der Waals surface area contributed by atoms with Gasteiger partial charge in [-0.25, -0.2) is 9.78 Å². The maximum atomic E-state index is 11.3. The molecule has 4 heteroatoms. The van der Waals surface area contributed by atoms with Gasteiger partial charge in [-0.15, -0.1) is 0 Å². The molecule has 3 rings (SSSR count). The number of nitrogens with zero attached hydrogens (tertiary/aromatic N) is 2. The molecule has 0 unspecified atom stereocenters. The van der Waals surface area contributed by atoms with E-state index in [9.17, 15) is 9.90 Å². The molecule has 0 spiro atoms. The zero-order valence-electron chi connectivity index (χ0n) is 9.95. The Bertz CT molecular complexity index is 763. The van der Waals surface area contributed by atoms with E-state index in [4.69, 9.17) is 0 Å².